The van der Waals surface area contributed by atoms with Gasteiger partial charge in [-0.25, -0.2) is 4.98 Å². The minimum Gasteiger partial charge on any atom is -0.382 e. The Morgan fingerprint density at radius 1 is 1.45 bits per heavy atom. The maximum atomic E-state index is 12.0. The van der Waals surface area contributed by atoms with E-state index in [1.165, 1.54) is 11.3 Å². The first-order valence-electron chi connectivity index (χ1n) is 6.42. The van der Waals surface area contributed by atoms with Crippen molar-refractivity contribution in [2.45, 2.75) is 6.92 Å². The highest BCUT2D eigenvalue weighted by Gasteiger charge is 2.17. The summed E-state index contributed by atoms with van der Waals surface area (Å²) in [5.74, 6) is 0.0502. The van der Waals surface area contributed by atoms with Crippen molar-refractivity contribution in [2.75, 3.05) is 57.7 Å². The van der Waals surface area contributed by atoms with Crippen LogP contribution < -0.4 is 16.0 Å². The molecule has 0 unspecified atom stereocenters. The highest BCUT2D eigenvalue weighted by atomic mass is 32.1. The fourth-order valence-electron chi connectivity index (χ4n) is 1.34. The number of nitrogen functional groups attached to an aromatic ring is 1. The van der Waals surface area contributed by atoms with E-state index in [2.05, 4.69) is 10.3 Å². The van der Waals surface area contributed by atoms with Gasteiger partial charge in [-0.1, -0.05) is 11.3 Å². The van der Waals surface area contributed by atoms with Crippen LogP contribution in [0.25, 0.3) is 0 Å². The van der Waals surface area contributed by atoms with E-state index < -0.39 is 0 Å². The van der Waals surface area contributed by atoms with Crippen LogP contribution in [-0.4, -0.2) is 58.0 Å². The van der Waals surface area contributed by atoms with E-state index >= 15 is 0 Å². The number of hydrogen-bond acceptors (Lipinski definition) is 7. The van der Waals surface area contributed by atoms with Crippen molar-refractivity contribution in [3.05, 3.63) is 4.88 Å². The van der Waals surface area contributed by atoms with Crippen molar-refractivity contribution in [1.82, 2.24) is 10.3 Å². The van der Waals surface area contributed by atoms with Gasteiger partial charge >= 0.3 is 0 Å². The number of nitrogens with zero attached hydrogens (tertiary/aromatic N) is 2. The van der Waals surface area contributed by atoms with E-state index in [9.17, 15) is 4.79 Å². The van der Waals surface area contributed by atoms with Gasteiger partial charge in [-0.15, -0.1) is 0 Å². The van der Waals surface area contributed by atoms with Crippen molar-refractivity contribution >= 4 is 28.2 Å². The normalized spacial score (nSPS) is 10.6. The summed E-state index contributed by atoms with van der Waals surface area (Å²) >= 11 is 1.29. The molecule has 1 heterocycles. The Morgan fingerprint density at radius 3 is 2.85 bits per heavy atom. The number of nitrogens with two attached hydrogens (primary N) is 1. The molecule has 7 nitrogen and oxygen atoms in total. The summed E-state index contributed by atoms with van der Waals surface area (Å²) in [6.45, 7) is 4.74. The van der Waals surface area contributed by atoms with E-state index in [-0.39, 0.29) is 11.7 Å². The lowest BCUT2D eigenvalue weighted by atomic mass is 10.4. The third-order valence-electron chi connectivity index (χ3n) is 2.61. The lowest BCUT2D eigenvalue weighted by Gasteiger charge is -2.10. The van der Waals surface area contributed by atoms with Gasteiger partial charge in [0.1, 0.15) is 10.7 Å². The number of anilines is 2. The zero-order valence-electron chi connectivity index (χ0n) is 12.1. The number of methoxy groups -OCH3 is 1. The van der Waals surface area contributed by atoms with Crippen molar-refractivity contribution in [3.8, 4) is 0 Å². The quantitative estimate of drug-likeness (QED) is 0.648. The van der Waals surface area contributed by atoms with Crippen LogP contribution in [0.5, 0.6) is 0 Å². The molecule has 0 aliphatic heterocycles. The molecule has 0 aliphatic carbocycles. The predicted octanol–water partition coefficient (Wildman–Crippen LogP) is 0.574. The second kappa shape index (κ2) is 8.72. The minimum atomic E-state index is -0.217. The van der Waals surface area contributed by atoms with Gasteiger partial charge in [0.2, 0.25) is 0 Å². The van der Waals surface area contributed by atoms with Crippen molar-refractivity contribution in [3.63, 3.8) is 0 Å². The van der Waals surface area contributed by atoms with Gasteiger partial charge in [0.05, 0.1) is 19.8 Å². The topological polar surface area (TPSA) is 89.7 Å². The van der Waals surface area contributed by atoms with Crippen LogP contribution in [0.15, 0.2) is 0 Å². The van der Waals surface area contributed by atoms with Crippen LogP contribution in [0.3, 0.4) is 0 Å². The molecule has 1 aromatic rings. The fourth-order valence-corrected chi connectivity index (χ4v) is 2.27. The number of carbonyl (C=O) groups is 1. The zero-order chi connectivity index (χ0) is 15.0. The van der Waals surface area contributed by atoms with Gasteiger partial charge in [0.15, 0.2) is 5.13 Å². The highest BCUT2D eigenvalue weighted by Crippen LogP contribution is 2.26. The van der Waals surface area contributed by atoms with Gasteiger partial charge in [-0.3, -0.25) is 4.79 Å². The summed E-state index contributed by atoms with van der Waals surface area (Å²) in [6.07, 6.45) is 0. The molecule has 0 bridgehead atoms. The maximum Gasteiger partial charge on any atom is 0.265 e. The molecule has 0 saturated heterocycles. The Labute approximate surface area is 123 Å². The van der Waals surface area contributed by atoms with Crippen LogP contribution >= 0.6 is 11.3 Å². The largest absolute Gasteiger partial charge is 0.382 e. The third-order valence-corrected chi connectivity index (χ3v) is 3.80. The first kappa shape index (κ1) is 16.7. The SMILES string of the molecule is CCN(C)c1nc(N)c(C(=O)NCCOCCOC)s1. The first-order chi connectivity index (χ1) is 9.60. The summed E-state index contributed by atoms with van der Waals surface area (Å²) in [5, 5.41) is 3.50. The maximum absolute atomic E-state index is 12.0. The Morgan fingerprint density at radius 2 is 2.20 bits per heavy atom. The van der Waals surface area contributed by atoms with Gasteiger partial charge in [-0.2, -0.15) is 0 Å². The van der Waals surface area contributed by atoms with E-state index in [1.807, 2.05) is 18.9 Å². The molecule has 0 radical (unpaired) electrons. The Hall–Kier alpha value is -1.38. The number of carbonyl (C=O) groups excluding carboxylic acids is 1. The van der Waals surface area contributed by atoms with Crippen LogP contribution in [0.2, 0.25) is 0 Å². The van der Waals surface area contributed by atoms with Gasteiger partial charge < -0.3 is 25.4 Å². The van der Waals surface area contributed by atoms with Crippen LogP contribution in [0, 0.1) is 0 Å². The van der Waals surface area contributed by atoms with Gasteiger partial charge in [0.25, 0.3) is 5.91 Å². The number of thiazole rings is 1. The number of aromatic nitrogens is 1. The van der Waals surface area contributed by atoms with E-state index in [0.717, 1.165) is 11.7 Å². The molecule has 8 heteroatoms. The average Bonchev–Trinajstić information content (AvgIpc) is 2.83. The molecule has 1 aromatic heterocycles. The van der Waals surface area contributed by atoms with E-state index in [1.54, 1.807) is 7.11 Å². The molecule has 0 atom stereocenters. The Bertz CT molecular complexity index is 425. The molecule has 0 saturated carbocycles. The molecular formula is C12H22N4O3S. The Balaban J connectivity index is 2.41. The molecule has 1 amide bonds. The minimum absolute atomic E-state index is 0.217. The summed E-state index contributed by atoms with van der Waals surface area (Å²) in [7, 11) is 3.52. The lowest BCUT2D eigenvalue weighted by Crippen LogP contribution is -2.27. The average molecular weight is 302 g/mol. The predicted molar refractivity (Wildman–Crippen MR) is 80.5 cm³/mol. The van der Waals surface area contributed by atoms with Crippen LogP contribution in [0.1, 0.15) is 16.6 Å². The molecule has 0 aromatic carbocycles. The molecule has 0 fully saturated rings. The van der Waals surface area contributed by atoms with Crippen molar-refractivity contribution in [2.24, 2.45) is 0 Å². The summed E-state index contributed by atoms with van der Waals surface area (Å²) < 4.78 is 10.1. The Kier molecular flexibility index (Phi) is 7.27. The van der Waals surface area contributed by atoms with Gasteiger partial charge in [0, 0.05) is 27.2 Å². The third kappa shape index (κ3) is 4.95. The number of ether oxygens (including phenoxy) is 2. The molecule has 20 heavy (non-hydrogen) atoms. The smallest absolute Gasteiger partial charge is 0.265 e. The van der Waals surface area contributed by atoms with E-state index in [4.69, 9.17) is 15.2 Å². The zero-order valence-corrected chi connectivity index (χ0v) is 13.0. The summed E-state index contributed by atoms with van der Waals surface area (Å²) in [4.78, 5) is 18.5. The van der Waals surface area contributed by atoms with Crippen molar-refractivity contribution in [1.29, 1.82) is 0 Å². The standard InChI is InChI=1S/C12H22N4O3S/c1-4-16(2)12-15-10(13)9(20-12)11(17)14-5-6-19-8-7-18-3/h4-8,13H2,1-3H3,(H,14,17). The molecule has 114 valence electrons. The van der Waals surface area contributed by atoms with Gasteiger partial charge in [-0.05, 0) is 6.92 Å². The number of rotatable bonds is 9. The molecule has 0 spiro atoms. The monoisotopic (exact) mass is 302 g/mol. The molecule has 1 rings (SSSR count). The second-order valence-corrected chi connectivity index (χ2v) is 5.06. The summed E-state index contributed by atoms with van der Waals surface area (Å²) in [6, 6.07) is 0. The number of nitrogens with one attached hydrogen (secondary N) is 1. The second-order valence-electron chi connectivity index (χ2n) is 4.09. The van der Waals surface area contributed by atoms with Crippen LogP contribution in [0.4, 0.5) is 10.9 Å². The first-order valence-corrected chi connectivity index (χ1v) is 7.24. The summed E-state index contributed by atoms with van der Waals surface area (Å²) in [5.41, 5.74) is 5.77. The molecular weight excluding hydrogens is 280 g/mol. The van der Waals surface area contributed by atoms with Crippen LogP contribution in [-0.2, 0) is 9.47 Å². The number of amides is 1. The number of hydrogen-bond donors (Lipinski definition) is 2. The molecule has 0 aliphatic rings. The molecule has 3 N–H and O–H groups in total. The fraction of sp³-hybridized carbons (Fsp3) is 0.667. The van der Waals surface area contributed by atoms with Crippen molar-refractivity contribution < 1.29 is 14.3 Å². The highest BCUT2D eigenvalue weighted by molar-refractivity contribution is 7.18. The van der Waals surface area contributed by atoms with E-state index in [0.29, 0.717) is 31.2 Å². The lowest BCUT2D eigenvalue weighted by molar-refractivity contribution is 0.0693.